The molecule has 0 radical (unpaired) electrons. The molecule has 2 nitrogen and oxygen atoms in total. The fraction of sp³-hybridized carbons (Fsp3) is 0.188. The summed E-state index contributed by atoms with van der Waals surface area (Å²) in [6.07, 6.45) is 0. The fourth-order valence-corrected chi connectivity index (χ4v) is 1.96. The lowest BCUT2D eigenvalue weighted by Gasteiger charge is -2.14. The minimum Gasteiger partial charge on any atom is -0.306 e. The Morgan fingerprint density at radius 2 is 1.80 bits per heavy atom. The van der Waals surface area contributed by atoms with Crippen molar-refractivity contribution in [1.29, 1.82) is 5.26 Å². The van der Waals surface area contributed by atoms with Gasteiger partial charge in [-0.05, 0) is 48.4 Å². The maximum absolute atomic E-state index is 13.3. The van der Waals surface area contributed by atoms with Crippen molar-refractivity contribution >= 4 is 0 Å². The molecule has 0 heterocycles. The molecule has 0 fully saturated rings. The predicted molar refractivity (Wildman–Crippen MR) is 72.8 cm³/mol. The average Bonchev–Trinajstić information content (AvgIpc) is 2.45. The summed E-state index contributed by atoms with van der Waals surface area (Å²) in [7, 11) is 0. The van der Waals surface area contributed by atoms with Crippen LogP contribution in [-0.2, 0) is 6.54 Å². The number of hydrogen-bond acceptors (Lipinski definition) is 2. The number of rotatable bonds is 4. The minimum atomic E-state index is -0.421. The number of nitriles is 1. The average molecular weight is 272 g/mol. The van der Waals surface area contributed by atoms with Crippen LogP contribution in [-0.4, -0.2) is 0 Å². The molecule has 0 bridgehead atoms. The first-order chi connectivity index (χ1) is 9.58. The monoisotopic (exact) mass is 272 g/mol. The van der Waals surface area contributed by atoms with E-state index in [1.165, 1.54) is 24.3 Å². The Bertz CT molecular complexity index is 630. The summed E-state index contributed by atoms with van der Waals surface area (Å²) < 4.78 is 26.1. The third kappa shape index (κ3) is 3.62. The molecule has 0 amide bonds. The first-order valence-corrected chi connectivity index (χ1v) is 6.27. The maximum atomic E-state index is 13.3. The van der Waals surface area contributed by atoms with Crippen LogP contribution in [0.25, 0.3) is 0 Å². The summed E-state index contributed by atoms with van der Waals surface area (Å²) in [5.41, 5.74) is 1.95. The molecule has 20 heavy (non-hydrogen) atoms. The van der Waals surface area contributed by atoms with E-state index in [-0.39, 0.29) is 11.9 Å². The highest BCUT2D eigenvalue weighted by molar-refractivity contribution is 5.33. The predicted octanol–water partition coefficient (Wildman–Crippen LogP) is 3.69. The van der Waals surface area contributed by atoms with E-state index in [9.17, 15) is 8.78 Å². The van der Waals surface area contributed by atoms with Gasteiger partial charge in [0.1, 0.15) is 11.6 Å². The molecule has 0 aliphatic heterocycles. The number of nitrogens with one attached hydrogen (secondary N) is 1. The first-order valence-electron chi connectivity index (χ1n) is 6.27. The molecule has 0 saturated heterocycles. The molecule has 0 aliphatic carbocycles. The van der Waals surface area contributed by atoms with E-state index in [1.807, 2.05) is 13.0 Å². The summed E-state index contributed by atoms with van der Waals surface area (Å²) >= 11 is 0. The highest BCUT2D eigenvalue weighted by atomic mass is 19.1. The van der Waals surface area contributed by atoms with E-state index in [0.29, 0.717) is 17.7 Å². The van der Waals surface area contributed by atoms with Crippen LogP contribution in [0.4, 0.5) is 8.78 Å². The molecule has 0 saturated carbocycles. The van der Waals surface area contributed by atoms with E-state index in [4.69, 9.17) is 5.26 Å². The molecule has 1 atom stereocenters. The third-order valence-electron chi connectivity index (χ3n) is 3.07. The molecule has 1 N–H and O–H groups in total. The van der Waals surface area contributed by atoms with Crippen LogP contribution in [0.15, 0.2) is 42.5 Å². The van der Waals surface area contributed by atoms with Crippen LogP contribution in [0, 0.1) is 23.0 Å². The van der Waals surface area contributed by atoms with Gasteiger partial charge in [-0.1, -0.05) is 12.1 Å². The van der Waals surface area contributed by atoms with Crippen LogP contribution in [0.3, 0.4) is 0 Å². The zero-order chi connectivity index (χ0) is 14.5. The summed E-state index contributed by atoms with van der Waals surface area (Å²) in [6, 6.07) is 12.4. The molecular weight excluding hydrogens is 258 g/mol. The topological polar surface area (TPSA) is 35.8 Å². The third-order valence-corrected chi connectivity index (χ3v) is 3.07. The Kier molecular flexibility index (Phi) is 4.44. The second-order valence-corrected chi connectivity index (χ2v) is 4.61. The highest BCUT2D eigenvalue weighted by Gasteiger charge is 2.06. The van der Waals surface area contributed by atoms with Crippen LogP contribution in [0.1, 0.15) is 29.7 Å². The number of halogens is 2. The highest BCUT2D eigenvalue weighted by Crippen LogP contribution is 2.15. The van der Waals surface area contributed by atoms with E-state index < -0.39 is 5.82 Å². The van der Waals surface area contributed by atoms with Gasteiger partial charge < -0.3 is 5.32 Å². The standard InChI is InChI=1S/C16H14F2N2/c1-11(14-2-4-15(17)5-3-14)20-10-13-6-12(9-19)7-16(18)8-13/h2-8,11,20H,10H2,1H3. The lowest BCUT2D eigenvalue weighted by Crippen LogP contribution is -2.18. The van der Waals surface area contributed by atoms with Crippen LogP contribution in [0.5, 0.6) is 0 Å². The van der Waals surface area contributed by atoms with Crippen molar-refractivity contribution in [1.82, 2.24) is 5.32 Å². The van der Waals surface area contributed by atoms with Gasteiger partial charge in [0.05, 0.1) is 11.6 Å². The van der Waals surface area contributed by atoms with Crippen molar-refractivity contribution in [3.8, 4) is 6.07 Å². The van der Waals surface area contributed by atoms with Gasteiger partial charge in [-0.25, -0.2) is 8.78 Å². The molecule has 0 spiro atoms. The van der Waals surface area contributed by atoms with E-state index in [2.05, 4.69) is 5.32 Å². The number of nitrogens with zero attached hydrogens (tertiary/aromatic N) is 1. The molecule has 1 unspecified atom stereocenters. The second kappa shape index (κ2) is 6.27. The van der Waals surface area contributed by atoms with Crippen LogP contribution in [0.2, 0.25) is 0 Å². The molecule has 2 aromatic rings. The second-order valence-electron chi connectivity index (χ2n) is 4.61. The summed E-state index contributed by atoms with van der Waals surface area (Å²) in [5.74, 6) is -0.694. The summed E-state index contributed by atoms with van der Waals surface area (Å²) in [4.78, 5) is 0. The molecule has 0 aromatic heterocycles. The normalized spacial score (nSPS) is 11.9. The van der Waals surface area contributed by atoms with E-state index in [1.54, 1.807) is 18.2 Å². The Balaban J connectivity index is 2.03. The van der Waals surface area contributed by atoms with Gasteiger partial charge in [0.2, 0.25) is 0 Å². The van der Waals surface area contributed by atoms with Crippen molar-refractivity contribution in [3.63, 3.8) is 0 Å². The van der Waals surface area contributed by atoms with Gasteiger partial charge in [0.25, 0.3) is 0 Å². The SMILES string of the molecule is CC(NCc1cc(F)cc(C#N)c1)c1ccc(F)cc1. The van der Waals surface area contributed by atoms with Gasteiger partial charge in [0, 0.05) is 12.6 Å². The smallest absolute Gasteiger partial charge is 0.124 e. The summed E-state index contributed by atoms with van der Waals surface area (Å²) in [5, 5.41) is 12.0. The van der Waals surface area contributed by atoms with Crippen molar-refractivity contribution in [2.45, 2.75) is 19.5 Å². The largest absolute Gasteiger partial charge is 0.306 e. The Morgan fingerprint density at radius 3 is 2.45 bits per heavy atom. The van der Waals surface area contributed by atoms with Gasteiger partial charge >= 0.3 is 0 Å². The fourth-order valence-electron chi connectivity index (χ4n) is 1.96. The zero-order valence-electron chi connectivity index (χ0n) is 11.0. The molecule has 2 aromatic carbocycles. The van der Waals surface area contributed by atoms with Gasteiger partial charge in [-0.3, -0.25) is 0 Å². The molecule has 0 aliphatic rings. The molecular formula is C16H14F2N2. The van der Waals surface area contributed by atoms with E-state index in [0.717, 1.165) is 5.56 Å². The first kappa shape index (κ1) is 14.2. The Hall–Kier alpha value is -2.25. The zero-order valence-corrected chi connectivity index (χ0v) is 11.0. The van der Waals surface area contributed by atoms with Gasteiger partial charge in [-0.2, -0.15) is 5.26 Å². The van der Waals surface area contributed by atoms with Crippen molar-refractivity contribution in [3.05, 3.63) is 70.8 Å². The Morgan fingerprint density at radius 1 is 1.10 bits per heavy atom. The molecule has 102 valence electrons. The van der Waals surface area contributed by atoms with Gasteiger partial charge in [-0.15, -0.1) is 0 Å². The quantitative estimate of drug-likeness (QED) is 0.921. The van der Waals surface area contributed by atoms with Crippen LogP contribution < -0.4 is 5.32 Å². The number of benzene rings is 2. The minimum absolute atomic E-state index is 0.00408. The molecule has 4 heteroatoms. The Labute approximate surface area is 116 Å². The maximum Gasteiger partial charge on any atom is 0.124 e. The lowest BCUT2D eigenvalue weighted by atomic mass is 10.1. The van der Waals surface area contributed by atoms with Crippen LogP contribution >= 0.6 is 0 Å². The number of hydrogen-bond donors (Lipinski definition) is 1. The van der Waals surface area contributed by atoms with Gasteiger partial charge in [0.15, 0.2) is 0 Å². The van der Waals surface area contributed by atoms with Crippen molar-refractivity contribution in [2.24, 2.45) is 0 Å². The molecule has 2 rings (SSSR count). The van der Waals surface area contributed by atoms with Crippen molar-refractivity contribution in [2.75, 3.05) is 0 Å². The van der Waals surface area contributed by atoms with Crippen molar-refractivity contribution < 1.29 is 8.78 Å². The lowest BCUT2D eigenvalue weighted by molar-refractivity contribution is 0.566. The summed E-state index contributed by atoms with van der Waals surface area (Å²) in [6.45, 7) is 2.38. The van der Waals surface area contributed by atoms with E-state index >= 15 is 0 Å².